The molecule has 0 aromatic rings. The largest absolute Gasteiger partial charge is 1.00 e. The molecule has 0 atom stereocenters. The smallest absolute Gasteiger partial charge is 1.00 e. The van der Waals surface area contributed by atoms with Gasteiger partial charge in [0.1, 0.15) is 0 Å². The van der Waals surface area contributed by atoms with Crippen LogP contribution in [0.25, 0.3) is 0 Å². The van der Waals surface area contributed by atoms with E-state index in [1.807, 2.05) is 6.56 Å². The minimum absolute atomic E-state index is 0. The SMILES string of the molecule is CC(C)C1=[C]([Zr+2]([C]2=C(C(C)C)C=CC2)[SiH](C)C)CC=C1.[Cl-].[Cl-]. The number of hydrogen-bond acceptors (Lipinski definition) is 0. The van der Waals surface area contributed by atoms with Gasteiger partial charge in [-0.3, -0.25) is 0 Å². The summed E-state index contributed by atoms with van der Waals surface area (Å²) >= 11 is -1.55. The molecule has 0 nitrogen and oxygen atoms in total. The third kappa shape index (κ3) is 4.82. The van der Waals surface area contributed by atoms with Crippen LogP contribution in [0.3, 0.4) is 0 Å². The van der Waals surface area contributed by atoms with E-state index in [1.54, 1.807) is 11.1 Å². The minimum Gasteiger partial charge on any atom is -1.00 e. The maximum atomic E-state index is 2.61. The Kier molecular flexibility index (Phi) is 10.1. The molecule has 0 bridgehead atoms. The Bertz CT molecular complexity index is 457. The molecule has 0 radical (unpaired) electrons. The van der Waals surface area contributed by atoms with Crippen LogP contribution in [-0.2, 0) is 20.9 Å². The predicted octanol–water partition coefficient (Wildman–Crippen LogP) is -0.664. The number of rotatable bonds is 5. The molecule has 4 heteroatoms. The first-order valence-corrected chi connectivity index (χ1v) is 17.7. The molecule has 2 rings (SSSR count). The summed E-state index contributed by atoms with van der Waals surface area (Å²) in [4.78, 5) is 0. The van der Waals surface area contributed by atoms with Crippen molar-refractivity contribution in [3.05, 3.63) is 42.0 Å². The van der Waals surface area contributed by atoms with Crippen molar-refractivity contribution in [2.45, 2.75) is 53.6 Å². The topological polar surface area (TPSA) is 0 Å². The Morgan fingerprint density at radius 1 is 0.818 bits per heavy atom. The second kappa shape index (κ2) is 9.82. The molecule has 123 valence electrons. The van der Waals surface area contributed by atoms with Crippen LogP contribution in [0.5, 0.6) is 0 Å². The van der Waals surface area contributed by atoms with E-state index in [0.717, 1.165) is 0 Å². The van der Waals surface area contributed by atoms with Crippen LogP contribution in [0.15, 0.2) is 42.0 Å². The van der Waals surface area contributed by atoms with Crippen LogP contribution in [0.4, 0.5) is 0 Å². The molecule has 0 aliphatic heterocycles. The standard InChI is InChI=1S/2C8H11.C2H7Si.2ClH.Zr/c2*1-7(2)8-5-3-4-6-8;1-3-2;;;/h2*3,5,7H,4H2,1-2H3;3H,1-2H3;2*1H;/q;;;;;+2/p-2. The number of allylic oxidation sites excluding steroid dienone is 8. The molecule has 0 fully saturated rings. The molecule has 0 heterocycles. The average molecular weight is 436 g/mol. The van der Waals surface area contributed by atoms with E-state index < -0.39 is 26.8 Å². The van der Waals surface area contributed by atoms with Crippen molar-refractivity contribution in [1.82, 2.24) is 0 Å². The number of halogens is 2. The van der Waals surface area contributed by atoms with Gasteiger partial charge in [0.25, 0.3) is 0 Å². The monoisotopic (exact) mass is 433 g/mol. The fraction of sp³-hybridized carbons (Fsp3) is 0.556. The van der Waals surface area contributed by atoms with Crippen molar-refractivity contribution >= 4 is 5.92 Å². The number of hydrogen-bond donors (Lipinski definition) is 0. The predicted molar refractivity (Wildman–Crippen MR) is 90.1 cm³/mol. The van der Waals surface area contributed by atoms with Gasteiger partial charge in [-0.2, -0.15) is 0 Å². The van der Waals surface area contributed by atoms with Crippen molar-refractivity contribution in [3.8, 4) is 0 Å². The van der Waals surface area contributed by atoms with Gasteiger partial charge in [0.15, 0.2) is 0 Å². The van der Waals surface area contributed by atoms with E-state index in [9.17, 15) is 0 Å². The fourth-order valence-corrected chi connectivity index (χ4v) is 24.5. The maximum Gasteiger partial charge on any atom is -1.00 e. The molecule has 0 unspecified atom stereocenters. The first-order chi connectivity index (χ1) is 9.43. The molecule has 0 saturated heterocycles. The summed E-state index contributed by atoms with van der Waals surface area (Å²) in [5.74, 6) is 0.875. The summed E-state index contributed by atoms with van der Waals surface area (Å²) in [5.41, 5.74) is 3.42. The third-order valence-corrected chi connectivity index (χ3v) is 23.8. The van der Waals surface area contributed by atoms with Gasteiger partial charge in [-0.1, -0.05) is 0 Å². The van der Waals surface area contributed by atoms with E-state index in [4.69, 9.17) is 0 Å². The Morgan fingerprint density at radius 2 is 1.18 bits per heavy atom. The normalized spacial score (nSPS) is 17.0. The van der Waals surface area contributed by atoms with Gasteiger partial charge in [0, 0.05) is 0 Å². The van der Waals surface area contributed by atoms with Crippen LogP contribution in [-0.4, -0.2) is 5.92 Å². The molecule has 0 aromatic carbocycles. The van der Waals surface area contributed by atoms with Crippen molar-refractivity contribution in [2.24, 2.45) is 11.8 Å². The third-order valence-electron chi connectivity index (χ3n) is 4.41. The second-order valence-corrected chi connectivity index (χ2v) is 26.2. The van der Waals surface area contributed by atoms with E-state index >= 15 is 0 Å². The van der Waals surface area contributed by atoms with Crippen molar-refractivity contribution < 1.29 is 45.7 Å². The summed E-state index contributed by atoms with van der Waals surface area (Å²) in [5, 5.41) is 0. The zero-order valence-electron chi connectivity index (χ0n) is 14.7. The molecule has 0 amide bonds. The Hall–Kier alpha value is 0.640. The van der Waals surface area contributed by atoms with Gasteiger partial charge >= 0.3 is 134 Å². The van der Waals surface area contributed by atoms with Gasteiger partial charge in [0.05, 0.1) is 0 Å². The van der Waals surface area contributed by atoms with Crippen LogP contribution < -0.4 is 24.8 Å². The molecular weight excluding hydrogens is 406 g/mol. The average Bonchev–Trinajstić information content (AvgIpc) is 2.97. The van der Waals surface area contributed by atoms with E-state index in [2.05, 4.69) is 65.1 Å². The van der Waals surface area contributed by atoms with Gasteiger partial charge < -0.3 is 24.8 Å². The molecular formula is C18H29Cl2SiZr. The summed E-state index contributed by atoms with van der Waals surface area (Å²) < 4.78 is 3.89. The minimum atomic E-state index is -1.55. The molecule has 0 aromatic heterocycles. The van der Waals surface area contributed by atoms with Crippen LogP contribution in [0.1, 0.15) is 40.5 Å². The van der Waals surface area contributed by atoms with Gasteiger partial charge in [-0.05, 0) is 0 Å². The van der Waals surface area contributed by atoms with Crippen molar-refractivity contribution in [3.63, 3.8) is 0 Å². The maximum absolute atomic E-state index is 2.61. The Balaban J connectivity index is 0.00000220. The van der Waals surface area contributed by atoms with Crippen molar-refractivity contribution in [1.29, 1.82) is 0 Å². The molecule has 22 heavy (non-hydrogen) atoms. The first kappa shape index (κ1) is 22.6. The Labute approximate surface area is 158 Å². The summed E-state index contributed by atoms with van der Waals surface area (Å²) in [6.45, 7) is 14.7. The summed E-state index contributed by atoms with van der Waals surface area (Å²) in [6, 6.07) is 0. The van der Waals surface area contributed by atoms with Crippen LogP contribution in [0.2, 0.25) is 13.1 Å². The van der Waals surface area contributed by atoms with Crippen LogP contribution >= 0.6 is 0 Å². The van der Waals surface area contributed by atoms with E-state index in [-0.39, 0.29) is 24.8 Å². The molecule has 0 N–H and O–H groups in total. The van der Waals surface area contributed by atoms with Gasteiger partial charge in [0.2, 0.25) is 0 Å². The van der Waals surface area contributed by atoms with Crippen LogP contribution in [0, 0.1) is 11.8 Å². The molecule has 2 aliphatic rings. The fourth-order valence-electron chi connectivity index (χ4n) is 3.54. The molecule has 0 saturated carbocycles. The summed E-state index contributed by atoms with van der Waals surface area (Å²) in [6.07, 6.45) is 12.3. The van der Waals surface area contributed by atoms with Gasteiger partial charge in [-0.25, -0.2) is 0 Å². The quantitative estimate of drug-likeness (QED) is 0.503. The Morgan fingerprint density at radius 3 is 1.45 bits per heavy atom. The van der Waals surface area contributed by atoms with Crippen molar-refractivity contribution in [2.75, 3.05) is 0 Å². The molecule has 0 spiro atoms. The molecule has 2 aliphatic carbocycles. The summed E-state index contributed by atoms with van der Waals surface area (Å²) in [7, 11) is 0. The zero-order valence-corrected chi connectivity index (χ0v) is 19.8. The zero-order chi connectivity index (χ0) is 14.9. The van der Waals surface area contributed by atoms with E-state index in [0.29, 0.717) is 11.8 Å². The van der Waals surface area contributed by atoms with E-state index in [1.165, 1.54) is 12.8 Å². The van der Waals surface area contributed by atoms with Gasteiger partial charge in [-0.15, -0.1) is 0 Å². The second-order valence-electron chi connectivity index (χ2n) is 6.96. The first-order valence-electron chi connectivity index (χ1n) is 8.10.